The minimum Gasteiger partial charge on any atom is -0.454 e. The van der Waals surface area contributed by atoms with E-state index in [1.165, 1.54) is 10.1 Å². The molecular weight excluding hydrogens is 861 g/mol. The van der Waals surface area contributed by atoms with E-state index in [0.717, 1.165) is 121 Å². The lowest BCUT2D eigenvalue weighted by molar-refractivity contribution is 0.669. The average molecular weight is 901 g/mol. The fourth-order valence-electron chi connectivity index (χ4n) is 10.6. The Hall–Kier alpha value is -8.90. The molecule has 5 heteroatoms. The van der Waals surface area contributed by atoms with Gasteiger partial charge in [-0.1, -0.05) is 188 Å². The fourth-order valence-corrected chi connectivity index (χ4v) is 11.8. The topological polar surface area (TPSA) is 32.8 Å². The third-order valence-electron chi connectivity index (χ3n) is 13.6. The van der Waals surface area contributed by atoms with Gasteiger partial charge >= 0.3 is 0 Å². The Morgan fingerprint density at radius 3 is 1.26 bits per heavy atom. The molecule has 14 aromatic rings. The van der Waals surface area contributed by atoms with E-state index in [-0.39, 0.29) is 0 Å². The molecule has 0 unspecified atom stereocenters. The average Bonchev–Trinajstić information content (AvgIpc) is 4.12. The van der Waals surface area contributed by atoms with Crippen LogP contribution < -0.4 is 9.80 Å². The Morgan fingerprint density at radius 2 is 0.710 bits per heavy atom. The van der Waals surface area contributed by atoms with Crippen molar-refractivity contribution in [3.63, 3.8) is 0 Å². The van der Waals surface area contributed by atoms with E-state index in [4.69, 9.17) is 8.83 Å². The number of fused-ring (bicyclic) bond motifs is 10. The fraction of sp³-hybridized carbons (Fsp3) is 0. The molecule has 0 aliphatic carbocycles. The molecule has 0 spiro atoms. The molecule has 0 aliphatic rings. The Kier molecular flexibility index (Phi) is 9.04. The van der Waals surface area contributed by atoms with Gasteiger partial charge in [-0.2, -0.15) is 0 Å². The van der Waals surface area contributed by atoms with Crippen molar-refractivity contribution >= 4 is 120 Å². The van der Waals surface area contributed by atoms with Crippen LogP contribution in [0, 0.1) is 0 Å². The van der Waals surface area contributed by atoms with Crippen LogP contribution in [0.25, 0.3) is 97.1 Å². The van der Waals surface area contributed by atoms with Gasteiger partial charge in [-0.25, -0.2) is 0 Å². The van der Waals surface area contributed by atoms with Crippen molar-refractivity contribution < 1.29 is 8.83 Å². The number of nitrogens with zero attached hydrogens (tertiary/aromatic N) is 2. The van der Waals surface area contributed by atoms with Gasteiger partial charge in [0, 0.05) is 59.2 Å². The van der Waals surface area contributed by atoms with Gasteiger partial charge in [-0.05, 0) is 76.9 Å². The summed E-state index contributed by atoms with van der Waals surface area (Å²) in [5, 5.41) is 8.87. The van der Waals surface area contributed by atoms with E-state index in [9.17, 15) is 0 Å². The summed E-state index contributed by atoms with van der Waals surface area (Å²) in [6.45, 7) is 0. The van der Waals surface area contributed by atoms with Crippen molar-refractivity contribution in [2.45, 2.75) is 0 Å². The molecule has 69 heavy (non-hydrogen) atoms. The summed E-state index contributed by atoms with van der Waals surface area (Å²) >= 11 is 1.84. The molecule has 0 saturated carbocycles. The SMILES string of the molecule is c1ccc(-c2cccc(N(c3cccc4c3oc3ccccc34)c3c4ccccc4c(N(c4cccc(-c5ccccc5)c4)c4cccc5c4oc4ccccc45)c4c3sc3ccccc34)c2)cc1. The summed E-state index contributed by atoms with van der Waals surface area (Å²) in [5.74, 6) is 0. The summed E-state index contributed by atoms with van der Waals surface area (Å²) in [4.78, 5) is 4.92. The second kappa shape index (κ2) is 15.9. The third kappa shape index (κ3) is 6.28. The number of hydrogen-bond acceptors (Lipinski definition) is 5. The lowest BCUT2D eigenvalue weighted by Gasteiger charge is -2.32. The zero-order valence-electron chi connectivity index (χ0n) is 37.2. The highest BCUT2D eigenvalue weighted by atomic mass is 32.1. The van der Waals surface area contributed by atoms with Gasteiger partial charge in [0.15, 0.2) is 11.2 Å². The van der Waals surface area contributed by atoms with E-state index in [1.54, 1.807) is 0 Å². The molecular formula is C64H40N2O2S. The molecule has 3 heterocycles. The molecule has 11 aromatic carbocycles. The summed E-state index contributed by atoms with van der Waals surface area (Å²) in [5.41, 5.74) is 14.1. The number of hydrogen-bond donors (Lipinski definition) is 0. The number of anilines is 6. The number of furan rings is 2. The smallest absolute Gasteiger partial charge is 0.159 e. The van der Waals surface area contributed by atoms with Crippen LogP contribution in [0.15, 0.2) is 251 Å². The van der Waals surface area contributed by atoms with Crippen LogP contribution in [-0.4, -0.2) is 0 Å². The van der Waals surface area contributed by atoms with Crippen molar-refractivity contribution in [3.05, 3.63) is 243 Å². The second-order valence-corrected chi connectivity index (χ2v) is 18.6. The lowest BCUT2D eigenvalue weighted by Crippen LogP contribution is -2.14. The Bertz CT molecular complexity index is 4280. The van der Waals surface area contributed by atoms with Crippen LogP contribution in [0.1, 0.15) is 0 Å². The molecule has 324 valence electrons. The highest BCUT2D eigenvalue weighted by Crippen LogP contribution is 2.57. The minimum absolute atomic E-state index is 0.834. The molecule has 0 atom stereocenters. The highest BCUT2D eigenvalue weighted by molar-refractivity contribution is 7.26. The van der Waals surface area contributed by atoms with Gasteiger partial charge in [0.05, 0.1) is 27.4 Å². The Labute approximate surface area is 401 Å². The molecule has 0 radical (unpaired) electrons. The van der Waals surface area contributed by atoms with Crippen LogP contribution in [-0.2, 0) is 0 Å². The molecule has 3 aromatic heterocycles. The summed E-state index contributed by atoms with van der Waals surface area (Å²) < 4.78 is 16.2. The van der Waals surface area contributed by atoms with Gasteiger partial charge in [-0.3, -0.25) is 0 Å². The minimum atomic E-state index is 0.834. The summed E-state index contributed by atoms with van der Waals surface area (Å²) in [7, 11) is 0. The number of para-hydroxylation sites is 4. The summed E-state index contributed by atoms with van der Waals surface area (Å²) in [6.07, 6.45) is 0. The van der Waals surface area contributed by atoms with Crippen LogP contribution in [0.5, 0.6) is 0 Å². The number of benzene rings is 11. The van der Waals surface area contributed by atoms with Crippen molar-refractivity contribution in [1.82, 2.24) is 0 Å². The van der Waals surface area contributed by atoms with E-state index in [1.807, 2.05) is 23.5 Å². The third-order valence-corrected chi connectivity index (χ3v) is 14.8. The van der Waals surface area contributed by atoms with Gasteiger partial charge < -0.3 is 18.6 Å². The molecule has 0 bridgehead atoms. The van der Waals surface area contributed by atoms with Crippen LogP contribution >= 0.6 is 11.3 Å². The first-order chi connectivity index (χ1) is 34.2. The van der Waals surface area contributed by atoms with Crippen LogP contribution in [0.4, 0.5) is 34.1 Å². The molecule has 0 aliphatic heterocycles. The number of rotatable bonds is 8. The first-order valence-electron chi connectivity index (χ1n) is 23.3. The van der Waals surface area contributed by atoms with Crippen molar-refractivity contribution in [1.29, 1.82) is 0 Å². The van der Waals surface area contributed by atoms with E-state index in [0.29, 0.717) is 0 Å². The maximum atomic E-state index is 6.95. The summed E-state index contributed by atoms with van der Waals surface area (Å²) in [6, 6.07) is 86.9. The van der Waals surface area contributed by atoms with Crippen LogP contribution in [0.3, 0.4) is 0 Å². The van der Waals surface area contributed by atoms with E-state index >= 15 is 0 Å². The standard InChI is InChI=1S/C64H40N2O2S/c1-3-19-41(20-4-1)43-23-15-25-45(39-43)65(54-34-17-32-51-47-27-9-12-36-56(47)67-62(51)54)60-49-29-7-8-30-50(49)61(64-59(60)53-31-11-14-38-58(53)69-64)66(46-26-16-24-44(40-46)42-21-5-2-6-22-42)55-35-18-33-52-48-28-10-13-37-57(48)68-63(52)55/h1-40H. The largest absolute Gasteiger partial charge is 0.454 e. The van der Waals surface area contributed by atoms with Gasteiger partial charge in [0.1, 0.15) is 11.2 Å². The van der Waals surface area contributed by atoms with E-state index in [2.05, 4.69) is 240 Å². The predicted octanol–water partition coefficient (Wildman–Crippen LogP) is 19.3. The van der Waals surface area contributed by atoms with Gasteiger partial charge in [-0.15, -0.1) is 11.3 Å². The van der Waals surface area contributed by atoms with Gasteiger partial charge in [0.25, 0.3) is 0 Å². The van der Waals surface area contributed by atoms with Crippen molar-refractivity contribution in [2.24, 2.45) is 0 Å². The zero-order valence-corrected chi connectivity index (χ0v) is 38.0. The normalized spacial score (nSPS) is 11.8. The Morgan fingerprint density at radius 1 is 0.304 bits per heavy atom. The molecule has 0 saturated heterocycles. The first-order valence-corrected chi connectivity index (χ1v) is 24.1. The zero-order chi connectivity index (χ0) is 45.4. The maximum Gasteiger partial charge on any atom is 0.159 e. The molecule has 0 fully saturated rings. The molecule has 4 nitrogen and oxygen atoms in total. The first kappa shape index (κ1) is 39.3. The monoisotopic (exact) mass is 900 g/mol. The predicted molar refractivity (Wildman–Crippen MR) is 292 cm³/mol. The van der Waals surface area contributed by atoms with Gasteiger partial charge in [0.2, 0.25) is 0 Å². The molecule has 0 N–H and O–H groups in total. The molecule has 14 rings (SSSR count). The Balaban J connectivity index is 1.14. The van der Waals surface area contributed by atoms with Crippen LogP contribution in [0.2, 0.25) is 0 Å². The second-order valence-electron chi connectivity index (χ2n) is 17.6. The van der Waals surface area contributed by atoms with E-state index < -0.39 is 0 Å². The molecule has 0 amide bonds. The quantitative estimate of drug-likeness (QED) is 0.142. The maximum absolute atomic E-state index is 6.95. The van der Waals surface area contributed by atoms with Crippen molar-refractivity contribution in [2.75, 3.05) is 9.80 Å². The highest BCUT2D eigenvalue weighted by Gasteiger charge is 2.31. The van der Waals surface area contributed by atoms with Crippen molar-refractivity contribution in [3.8, 4) is 22.3 Å². The lowest BCUT2D eigenvalue weighted by atomic mass is 9.96. The number of thiophene rings is 1.